The van der Waals surface area contributed by atoms with Crippen LogP contribution in [0.15, 0.2) is 89.4 Å². The number of anilines is 2. The van der Waals surface area contributed by atoms with Crippen LogP contribution in [0.5, 0.6) is 5.75 Å². The summed E-state index contributed by atoms with van der Waals surface area (Å²) in [5, 5.41) is 11.3. The Hall–Kier alpha value is -4.18. The molecule has 1 aliphatic rings. The summed E-state index contributed by atoms with van der Waals surface area (Å²) in [4.78, 5) is 22.7. The predicted molar refractivity (Wildman–Crippen MR) is 136 cm³/mol. The Bertz CT molecular complexity index is 1440. The molecule has 0 fully saturated rings. The molecule has 0 unspecified atom stereocenters. The SMILES string of the molecule is COc1ccccc1NC(=O)C1=C(C)Nc2nc(SCc3ccccc3F)nn2[C@@H]1c1ccccn1. The van der Waals surface area contributed by atoms with Crippen molar-refractivity contribution in [2.45, 2.75) is 23.9 Å². The van der Waals surface area contributed by atoms with E-state index in [1.165, 1.54) is 17.8 Å². The number of thioether (sulfide) groups is 1. The highest BCUT2D eigenvalue weighted by Gasteiger charge is 2.35. The number of amides is 1. The molecule has 0 aliphatic carbocycles. The highest BCUT2D eigenvalue weighted by molar-refractivity contribution is 7.98. The lowest BCUT2D eigenvalue weighted by Crippen LogP contribution is -2.32. The molecule has 0 bridgehead atoms. The molecule has 1 atom stereocenters. The third kappa shape index (κ3) is 4.67. The number of pyridine rings is 1. The number of allylic oxidation sites excluding steroid dienone is 1. The fourth-order valence-electron chi connectivity index (χ4n) is 3.99. The van der Waals surface area contributed by atoms with Gasteiger partial charge in [0.1, 0.15) is 17.6 Å². The van der Waals surface area contributed by atoms with Crippen LogP contribution in [0.4, 0.5) is 16.0 Å². The molecule has 2 aromatic heterocycles. The number of fused-ring (bicyclic) bond motifs is 1. The van der Waals surface area contributed by atoms with Crippen LogP contribution < -0.4 is 15.4 Å². The highest BCUT2D eigenvalue weighted by atomic mass is 32.2. The van der Waals surface area contributed by atoms with E-state index in [0.717, 1.165) is 0 Å². The number of benzene rings is 2. The molecule has 5 rings (SSSR count). The lowest BCUT2D eigenvalue weighted by Gasteiger charge is -2.28. The maximum Gasteiger partial charge on any atom is 0.256 e. The summed E-state index contributed by atoms with van der Waals surface area (Å²) in [6, 6.07) is 18.7. The van der Waals surface area contributed by atoms with Crippen LogP contribution in [0.2, 0.25) is 0 Å². The first kappa shape index (κ1) is 23.6. The average Bonchev–Trinajstić information content (AvgIpc) is 3.30. The van der Waals surface area contributed by atoms with Gasteiger partial charge in [-0.1, -0.05) is 48.2 Å². The van der Waals surface area contributed by atoms with E-state index in [-0.39, 0.29) is 11.7 Å². The number of halogens is 1. The van der Waals surface area contributed by atoms with E-state index in [9.17, 15) is 9.18 Å². The van der Waals surface area contributed by atoms with Gasteiger partial charge in [0.05, 0.1) is 24.1 Å². The first-order chi connectivity index (χ1) is 17.5. The number of aromatic nitrogens is 4. The number of rotatable bonds is 7. The Labute approximate surface area is 211 Å². The molecule has 8 nitrogen and oxygen atoms in total. The van der Waals surface area contributed by atoms with E-state index < -0.39 is 6.04 Å². The lowest BCUT2D eigenvalue weighted by molar-refractivity contribution is -0.113. The number of carbonyl (C=O) groups is 1. The molecule has 36 heavy (non-hydrogen) atoms. The van der Waals surface area contributed by atoms with Gasteiger partial charge in [-0.05, 0) is 42.8 Å². The summed E-state index contributed by atoms with van der Waals surface area (Å²) in [5.74, 6) is 0.814. The molecular weight excluding hydrogens is 479 g/mol. The average molecular weight is 503 g/mol. The molecule has 182 valence electrons. The summed E-state index contributed by atoms with van der Waals surface area (Å²) in [7, 11) is 1.55. The van der Waals surface area contributed by atoms with E-state index in [4.69, 9.17) is 4.74 Å². The second-order valence-electron chi connectivity index (χ2n) is 8.02. The summed E-state index contributed by atoms with van der Waals surface area (Å²) in [6.45, 7) is 1.82. The second-order valence-corrected chi connectivity index (χ2v) is 8.96. The van der Waals surface area contributed by atoms with Crippen LogP contribution in [0, 0.1) is 5.82 Å². The van der Waals surface area contributed by atoms with Crippen molar-refractivity contribution in [3.8, 4) is 5.75 Å². The van der Waals surface area contributed by atoms with Crippen molar-refractivity contribution in [2.75, 3.05) is 17.7 Å². The van der Waals surface area contributed by atoms with Gasteiger partial charge in [-0.25, -0.2) is 9.07 Å². The largest absolute Gasteiger partial charge is 0.495 e. The topological polar surface area (TPSA) is 94.0 Å². The van der Waals surface area contributed by atoms with Crippen molar-refractivity contribution in [1.29, 1.82) is 0 Å². The molecule has 1 aliphatic heterocycles. The van der Waals surface area contributed by atoms with Crippen LogP contribution in [-0.2, 0) is 10.5 Å². The van der Waals surface area contributed by atoms with Crippen LogP contribution in [0.1, 0.15) is 24.2 Å². The first-order valence-corrected chi connectivity index (χ1v) is 12.2. The fraction of sp³-hybridized carbons (Fsp3) is 0.154. The zero-order chi connectivity index (χ0) is 25.1. The van der Waals surface area contributed by atoms with Gasteiger partial charge in [-0.15, -0.1) is 5.10 Å². The molecule has 4 aromatic rings. The highest BCUT2D eigenvalue weighted by Crippen LogP contribution is 2.37. The Morgan fingerprint density at radius 3 is 2.69 bits per heavy atom. The van der Waals surface area contributed by atoms with Crippen molar-refractivity contribution in [2.24, 2.45) is 0 Å². The van der Waals surface area contributed by atoms with E-state index in [0.29, 0.717) is 50.8 Å². The third-order valence-corrected chi connectivity index (χ3v) is 6.60. The molecule has 10 heteroatoms. The number of carbonyl (C=O) groups excluding carboxylic acids is 1. The Kier molecular flexibility index (Phi) is 6.68. The van der Waals surface area contributed by atoms with Crippen LogP contribution in [0.25, 0.3) is 0 Å². The van der Waals surface area contributed by atoms with Gasteiger partial charge in [-0.3, -0.25) is 9.78 Å². The number of nitrogens with one attached hydrogen (secondary N) is 2. The maximum absolute atomic E-state index is 14.1. The van der Waals surface area contributed by atoms with Crippen molar-refractivity contribution in [1.82, 2.24) is 19.7 Å². The number of nitrogens with zero attached hydrogens (tertiary/aromatic N) is 4. The predicted octanol–water partition coefficient (Wildman–Crippen LogP) is 5.04. The summed E-state index contributed by atoms with van der Waals surface area (Å²) < 4.78 is 21.1. The van der Waals surface area contributed by atoms with Gasteiger partial charge in [0, 0.05) is 17.6 Å². The lowest BCUT2D eigenvalue weighted by atomic mass is 9.98. The number of ether oxygens (including phenoxy) is 1. The van der Waals surface area contributed by atoms with Gasteiger partial charge >= 0.3 is 0 Å². The van der Waals surface area contributed by atoms with E-state index in [1.807, 2.05) is 37.3 Å². The molecule has 0 radical (unpaired) electrons. The van der Waals surface area contributed by atoms with Crippen molar-refractivity contribution in [3.05, 3.63) is 101 Å². The summed E-state index contributed by atoms with van der Waals surface area (Å²) in [6.07, 6.45) is 1.67. The Morgan fingerprint density at radius 2 is 1.92 bits per heavy atom. The molecule has 0 saturated carbocycles. The number of hydrogen-bond acceptors (Lipinski definition) is 7. The summed E-state index contributed by atoms with van der Waals surface area (Å²) in [5.41, 5.74) is 2.83. The van der Waals surface area contributed by atoms with E-state index in [2.05, 4.69) is 25.7 Å². The Balaban J connectivity index is 1.48. The zero-order valence-corrected chi connectivity index (χ0v) is 20.4. The quantitative estimate of drug-likeness (QED) is 0.342. The minimum Gasteiger partial charge on any atom is -0.495 e. The number of methoxy groups -OCH3 is 1. The van der Waals surface area contributed by atoms with Crippen molar-refractivity contribution >= 4 is 29.3 Å². The zero-order valence-electron chi connectivity index (χ0n) is 19.6. The van der Waals surface area contributed by atoms with Gasteiger partial charge in [-0.2, -0.15) is 4.98 Å². The Morgan fingerprint density at radius 1 is 1.14 bits per heavy atom. The van der Waals surface area contributed by atoms with Gasteiger partial charge in [0.15, 0.2) is 0 Å². The standard InChI is InChI=1S/C26H23FN6O2S/c1-16-22(24(34)30-19-11-5-6-13-21(19)35-2)23(20-12-7-8-14-28-20)33-25(29-16)31-26(32-33)36-15-17-9-3-4-10-18(17)27/h3-14,23H,15H2,1-2H3,(H,30,34)(H,29,31,32)/t23-/m1/s1. The minimum absolute atomic E-state index is 0.272. The normalized spacial score (nSPS) is 14.7. The van der Waals surface area contributed by atoms with Crippen molar-refractivity contribution < 1.29 is 13.9 Å². The molecule has 2 N–H and O–H groups in total. The van der Waals surface area contributed by atoms with E-state index >= 15 is 0 Å². The fourth-order valence-corrected chi connectivity index (χ4v) is 4.81. The summed E-state index contributed by atoms with van der Waals surface area (Å²) >= 11 is 1.32. The maximum atomic E-state index is 14.1. The first-order valence-electron chi connectivity index (χ1n) is 11.2. The monoisotopic (exact) mass is 502 g/mol. The second kappa shape index (κ2) is 10.2. The molecule has 1 amide bonds. The smallest absolute Gasteiger partial charge is 0.256 e. The van der Waals surface area contributed by atoms with Gasteiger partial charge in [0.2, 0.25) is 11.1 Å². The number of hydrogen-bond donors (Lipinski definition) is 2. The molecule has 3 heterocycles. The van der Waals surface area contributed by atoms with Crippen molar-refractivity contribution in [3.63, 3.8) is 0 Å². The van der Waals surface area contributed by atoms with Crippen LogP contribution in [0.3, 0.4) is 0 Å². The third-order valence-electron chi connectivity index (χ3n) is 5.72. The molecule has 0 spiro atoms. The molecular formula is C26H23FN6O2S. The van der Waals surface area contributed by atoms with E-state index in [1.54, 1.807) is 48.3 Å². The minimum atomic E-state index is -0.618. The molecule has 2 aromatic carbocycles. The van der Waals surface area contributed by atoms with Crippen LogP contribution >= 0.6 is 11.8 Å². The van der Waals surface area contributed by atoms with Gasteiger partial charge in [0.25, 0.3) is 5.91 Å². The van der Waals surface area contributed by atoms with Crippen LogP contribution in [-0.4, -0.2) is 32.8 Å². The van der Waals surface area contributed by atoms with Gasteiger partial charge < -0.3 is 15.4 Å². The molecule has 0 saturated heterocycles. The number of para-hydroxylation sites is 2.